The van der Waals surface area contributed by atoms with Crippen molar-refractivity contribution in [3.63, 3.8) is 0 Å². The summed E-state index contributed by atoms with van der Waals surface area (Å²) in [6, 6.07) is -0.185. The molecule has 0 aliphatic heterocycles. The highest BCUT2D eigenvalue weighted by Gasteiger charge is 2.11. The van der Waals surface area contributed by atoms with Crippen LogP contribution in [0.25, 0.3) is 0 Å². The monoisotopic (exact) mass is 272 g/mol. The molecule has 0 aromatic carbocycles. The highest BCUT2D eigenvalue weighted by molar-refractivity contribution is 7.09. The first-order chi connectivity index (χ1) is 8.50. The van der Waals surface area contributed by atoms with E-state index in [0.29, 0.717) is 10.7 Å². The van der Waals surface area contributed by atoms with Gasteiger partial charge in [-0.2, -0.15) is 0 Å². The zero-order valence-corrected chi connectivity index (χ0v) is 10.8. The summed E-state index contributed by atoms with van der Waals surface area (Å²) in [6.07, 6.45) is 0. The summed E-state index contributed by atoms with van der Waals surface area (Å²) >= 11 is 1.34. The van der Waals surface area contributed by atoms with Crippen molar-refractivity contribution in [1.82, 2.24) is 10.3 Å². The van der Waals surface area contributed by atoms with Crippen LogP contribution in [-0.2, 0) is 9.53 Å². The van der Waals surface area contributed by atoms with Crippen molar-refractivity contribution in [2.24, 2.45) is 11.5 Å². The van der Waals surface area contributed by atoms with E-state index in [9.17, 15) is 9.59 Å². The molecule has 0 bridgehead atoms. The number of ether oxygens (including phenoxy) is 1. The van der Waals surface area contributed by atoms with Gasteiger partial charge in [0.1, 0.15) is 17.3 Å². The first-order valence-corrected chi connectivity index (χ1v) is 6.24. The fourth-order valence-corrected chi connectivity index (χ4v) is 1.86. The van der Waals surface area contributed by atoms with E-state index in [1.54, 1.807) is 12.3 Å². The largest absolute Gasteiger partial charge is 0.370 e. The van der Waals surface area contributed by atoms with Gasteiger partial charge in [-0.15, -0.1) is 11.3 Å². The van der Waals surface area contributed by atoms with Crippen molar-refractivity contribution in [2.75, 3.05) is 19.8 Å². The number of hydrogen-bond donors (Lipinski definition) is 3. The van der Waals surface area contributed by atoms with Gasteiger partial charge in [0.05, 0.1) is 12.6 Å². The Balaban J connectivity index is 2.29. The van der Waals surface area contributed by atoms with E-state index in [-0.39, 0.29) is 31.7 Å². The molecule has 1 rings (SSSR count). The summed E-state index contributed by atoms with van der Waals surface area (Å²) in [5, 5.41) is 4.98. The molecule has 0 aliphatic rings. The molecular formula is C10H16N4O3S. The van der Waals surface area contributed by atoms with Gasteiger partial charge in [-0.3, -0.25) is 9.59 Å². The summed E-state index contributed by atoms with van der Waals surface area (Å²) in [4.78, 5) is 26.1. The lowest BCUT2D eigenvalue weighted by molar-refractivity contribution is -0.122. The second kappa shape index (κ2) is 7.04. The summed E-state index contributed by atoms with van der Waals surface area (Å²) in [6.45, 7) is 2.16. The SMILES string of the molecule is CC(N)c1nc(C(=O)NCCOCC(N)=O)cs1. The van der Waals surface area contributed by atoms with Crippen LogP contribution in [0.15, 0.2) is 5.38 Å². The number of rotatable bonds is 7. The molecule has 0 aliphatic carbocycles. The number of amides is 2. The molecule has 0 fully saturated rings. The molecule has 1 atom stereocenters. The van der Waals surface area contributed by atoms with Crippen LogP contribution in [0.5, 0.6) is 0 Å². The fourth-order valence-electron chi connectivity index (χ4n) is 1.10. The Bertz CT molecular complexity index is 419. The van der Waals surface area contributed by atoms with Crippen LogP contribution >= 0.6 is 11.3 Å². The topological polar surface area (TPSA) is 120 Å². The van der Waals surface area contributed by atoms with Crippen LogP contribution in [0.3, 0.4) is 0 Å². The van der Waals surface area contributed by atoms with E-state index in [1.165, 1.54) is 11.3 Å². The molecule has 0 saturated carbocycles. The lowest BCUT2D eigenvalue weighted by Crippen LogP contribution is -2.29. The number of primary amides is 1. The van der Waals surface area contributed by atoms with E-state index in [2.05, 4.69) is 10.3 Å². The molecule has 0 saturated heterocycles. The van der Waals surface area contributed by atoms with Crippen LogP contribution in [0.4, 0.5) is 0 Å². The maximum atomic E-state index is 11.6. The molecule has 100 valence electrons. The summed E-state index contributed by atoms with van der Waals surface area (Å²) < 4.78 is 4.90. The molecule has 1 unspecified atom stereocenters. The zero-order valence-electron chi connectivity index (χ0n) is 10.0. The van der Waals surface area contributed by atoms with Gasteiger partial charge in [-0.05, 0) is 6.92 Å². The van der Waals surface area contributed by atoms with Crippen LogP contribution in [0, 0.1) is 0 Å². The number of aromatic nitrogens is 1. The quantitative estimate of drug-likeness (QED) is 0.572. The second-order valence-corrected chi connectivity index (χ2v) is 4.52. The Morgan fingerprint density at radius 2 is 2.33 bits per heavy atom. The van der Waals surface area contributed by atoms with Crippen molar-refractivity contribution >= 4 is 23.2 Å². The van der Waals surface area contributed by atoms with Crippen molar-refractivity contribution < 1.29 is 14.3 Å². The van der Waals surface area contributed by atoms with Crippen LogP contribution in [-0.4, -0.2) is 36.6 Å². The third-order valence-electron chi connectivity index (χ3n) is 1.92. The van der Waals surface area contributed by atoms with Gasteiger partial charge in [0, 0.05) is 11.9 Å². The molecular weight excluding hydrogens is 256 g/mol. The Labute approximate surface area is 109 Å². The van der Waals surface area contributed by atoms with E-state index in [0.717, 1.165) is 0 Å². The lowest BCUT2D eigenvalue weighted by atomic mass is 10.4. The molecule has 7 nitrogen and oxygen atoms in total. The minimum atomic E-state index is -0.539. The number of nitrogens with zero attached hydrogens (tertiary/aromatic N) is 1. The van der Waals surface area contributed by atoms with Gasteiger partial charge in [0.25, 0.3) is 5.91 Å². The summed E-state index contributed by atoms with van der Waals surface area (Å²) in [5.41, 5.74) is 10.9. The fraction of sp³-hybridized carbons (Fsp3) is 0.500. The van der Waals surface area contributed by atoms with Crippen LogP contribution in [0.1, 0.15) is 28.5 Å². The Morgan fingerprint density at radius 1 is 1.61 bits per heavy atom. The Morgan fingerprint density at radius 3 is 2.89 bits per heavy atom. The maximum Gasteiger partial charge on any atom is 0.270 e. The molecule has 18 heavy (non-hydrogen) atoms. The highest BCUT2D eigenvalue weighted by atomic mass is 32.1. The molecule has 1 aromatic rings. The number of nitrogens with two attached hydrogens (primary N) is 2. The standard InChI is InChI=1S/C10H16N4O3S/c1-6(11)10-14-7(5-18-10)9(16)13-2-3-17-4-8(12)15/h5-6H,2-4,11H2,1H3,(H2,12,15)(H,13,16). The number of hydrogen-bond acceptors (Lipinski definition) is 6. The minimum Gasteiger partial charge on any atom is -0.370 e. The molecule has 1 heterocycles. The van der Waals surface area contributed by atoms with Crippen molar-refractivity contribution in [2.45, 2.75) is 13.0 Å². The predicted molar refractivity (Wildman–Crippen MR) is 67.1 cm³/mol. The Kier molecular flexibility index (Phi) is 5.69. The molecule has 5 N–H and O–H groups in total. The number of carbonyl (C=O) groups is 2. The van der Waals surface area contributed by atoms with Gasteiger partial charge in [-0.1, -0.05) is 0 Å². The smallest absolute Gasteiger partial charge is 0.270 e. The molecule has 1 aromatic heterocycles. The van der Waals surface area contributed by atoms with Crippen molar-refractivity contribution in [3.05, 3.63) is 16.1 Å². The zero-order chi connectivity index (χ0) is 13.5. The van der Waals surface area contributed by atoms with E-state index < -0.39 is 5.91 Å². The molecule has 0 spiro atoms. The van der Waals surface area contributed by atoms with Crippen molar-refractivity contribution in [1.29, 1.82) is 0 Å². The second-order valence-electron chi connectivity index (χ2n) is 3.63. The first kappa shape index (κ1) is 14.6. The molecule has 0 radical (unpaired) electrons. The minimum absolute atomic E-state index is 0.151. The average molecular weight is 272 g/mol. The number of nitrogens with one attached hydrogen (secondary N) is 1. The van der Waals surface area contributed by atoms with E-state index in [4.69, 9.17) is 16.2 Å². The van der Waals surface area contributed by atoms with Gasteiger partial charge in [0.2, 0.25) is 5.91 Å². The lowest BCUT2D eigenvalue weighted by Gasteiger charge is -2.03. The molecule has 8 heteroatoms. The van der Waals surface area contributed by atoms with Gasteiger partial charge >= 0.3 is 0 Å². The third kappa shape index (κ3) is 4.78. The number of thiazole rings is 1. The predicted octanol–water partition coefficient (Wildman–Crippen LogP) is -0.605. The van der Waals surface area contributed by atoms with Gasteiger partial charge < -0.3 is 21.5 Å². The molecule has 2 amide bonds. The summed E-state index contributed by atoms with van der Waals surface area (Å²) in [5.74, 6) is -0.830. The van der Waals surface area contributed by atoms with Crippen LogP contribution < -0.4 is 16.8 Å². The first-order valence-electron chi connectivity index (χ1n) is 5.36. The number of carbonyl (C=O) groups excluding carboxylic acids is 2. The van der Waals surface area contributed by atoms with Crippen LogP contribution in [0.2, 0.25) is 0 Å². The highest BCUT2D eigenvalue weighted by Crippen LogP contribution is 2.15. The van der Waals surface area contributed by atoms with Crippen molar-refractivity contribution in [3.8, 4) is 0 Å². The van der Waals surface area contributed by atoms with Gasteiger partial charge in [-0.25, -0.2) is 4.98 Å². The normalized spacial score (nSPS) is 12.1. The Hall–Kier alpha value is -1.51. The third-order valence-corrected chi connectivity index (χ3v) is 2.97. The van der Waals surface area contributed by atoms with E-state index in [1.807, 2.05) is 0 Å². The van der Waals surface area contributed by atoms with Gasteiger partial charge in [0.15, 0.2) is 0 Å². The summed E-state index contributed by atoms with van der Waals surface area (Å²) in [7, 11) is 0. The van der Waals surface area contributed by atoms with E-state index >= 15 is 0 Å². The maximum absolute atomic E-state index is 11.6. The average Bonchev–Trinajstić information content (AvgIpc) is 2.77.